The summed E-state index contributed by atoms with van der Waals surface area (Å²) in [4.78, 5) is 12.0. The topological polar surface area (TPSA) is 125 Å². The molecular weight excluding hydrogens is 409 g/mol. The Kier molecular flexibility index (Phi) is 6.63. The molecule has 0 bridgehead atoms. The van der Waals surface area contributed by atoms with Crippen LogP contribution in [0.1, 0.15) is 11.1 Å². The van der Waals surface area contributed by atoms with E-state index in [1.807, 2.05) is 0 Å². The third-order valence-corrected chi connectivity index (χ3v) is 4.55. The molecule has 0 heterocycles. The minimum atomic E-state index is -4.56. The number of hydrogen-bond donors (Lipinski definition) is 3. The van der Waals surface area contributed by atoms with E-state index in [-0.39, 0.29) is 22.7 Å². The summed E-state index contributed by atoms with van der Waals surface area (Å²) in [5, 5.41) is 19.0. The van der Waals surface area contributed by atoms with E-state index in [0.29, 0.717) is 5.56 Å². The number of nitrogens with one attached hydrogen (secondary N) is 2. The van der Waals surface area contributed by atoms with E-state index in [2.05, 4.69) is 10.6 Å². The first-order valence-electron chi connectivity index (χ1n) is 7.95. The van der Waals surface area contributed by atoms with Gasteiger partial charge in [0.2, 0.25) is 10.0 Å². The molecule has 4 N–H and O–H groups in total. The minimum absolute atomic E-state index is 0.0602. The average Bonchev–Trinajstić information content (AvgIpc) is 2.64. The van der Waals surface area contributed by atoms with Crippen LogP contribution < -0.4 is 15.8 Å². The maximum atomic E-state index is 12.7. The lowest BCUT2D eigenvalue weighted by Gasteiger charge is -2.09. The Morgan fingerprint density at radius 3 is 2.38 bits per heavy atom. The summed E-state index contributed by atoms with van der Waals surface area (Å²) in [7, 11) is -3.81. The molecule has 0 unspecified atom stereocenters. The zero-order valence-electron chi connectivity index (χ0n) is 14.7. The lowest BCUT2D eigenvalue weighted by atomic mass is 10.2. The first-order chi connectivity index (χ1) is 13.5. The van der Waals surface area contributed by atoms with Crippen molar-refractivity contribution in [2.45, 2.75) is 17.6 Å². The van der Waals surface area contributed by atoms with E-state index in [0.717, 1.165) is 24.4 Å². The Morgan fingerprint density at radius 1 is 1.17 bits per heavy atom. The summed E-state index contributed by atoms with van der Waals surface area (Å²) in [5.74, 6) is -0.885. The number of anilines is 1. The molecule has 0 aliphatic heterocycles. The summed E-state index contributed by atoms with van der Waals surface area (Å²) in [6.07, 6.45) is -3.45. The van der Waals surface area contributed by atoms with Gasteiger partial charge in [0.05, 0.1) is 10.5 Å². The van der Waals surface area contributed by atoms with Gasteiger partial charge in [-0.3, -0.25) is 4.79 Å². The number of nitrogens with zero attached hydrogens (tertiary/aromatic N) is 1. The quantitative estimate of drug-likeness (QED) is 0.485. The van der Waals surface area contributed by atoms with Crippen LogP contribution in [0.25, 0.3) is 0 Å². The summed E-state index contributed by atoms with van der Waals surface area (Å²) < 4.78 is 60.6. The van der Waals surface area contributed by atoms with Gasteiger partial charge in [0.25, 0.3) is 5.91 Å². The largest absolute Gasteiger partial charge is 0.416 e. The molecule has 0 aliphatic rings. The van der Waals surface area contributed by atoms with Gasteiger partial charge in [-0.2, -0.15) is 18.4 Å². The molecule has 11 heteroatoms. The lowest BCUT2D eigenvalue weighted by Crippen LogP contribution is -2.17. The van der Waals surface area contributed by atoms with E-state index in [1.54, 1.807) is 6.07 Å². The summed E-state index contributed by atoms with van der Waals surface area (Å²) in [6.45, 7) is 0.160. The number of nitriles is 1. The van der Waals surface area contributed by atoms with Crippen molar-refractivity contribution in [1.82, 2.24) is 5.32 Å². The van der Waals surface area contributed by atoms with E-state index >= 15 is 0 Å². The molecule has 152 valence electrons. The second-order valence-corrected chi connectivity index (χ2v) is 7.33. The fraction of sp³-hybridized carbons (Fsp3) is 0.111. The predicted molar refractivity (Wildman–Crippen MR) is 98.4 cm³/mol. The maximum Gasteiger partial charge on any atom is 0.416 e. The highest BCUT2D eigenvalue weighted by molar-refractivity contribution is 7.89. The van der Waals surface area contributed by atoms with Gasteiger partial charge < -0.3 is 10.6 Å². The lowest BCUT2D eigenvalue weighted by molar-refractivity contribution is -0.137. The number of rotatable bonds is 6. The van der Waals surface area contributed by atoms with Crippen molar-refractivity contribution in [2.24, 2.45) is 5.14 Å². The fourth-order valence-corrected chi connectivity index (χ4v) is 2.70. The third-order valence-electron chi connectivity index (χ3n) is 3.62. The van der Waals surface area contributed by atoms with Gasteiger partial charge in [-0.15, -0.1) is 0 Å². The highest BCUT2D eigenvalue weighted by atomic mass is 32.2. The van der Waals surface area contributed by atoms with E-state index in [1.165, 1.54) is 30.3 Å². The first-order valence-corrected chi connectivity index (χ1v) is 9.49. The van der Waals surface area contributed by atoms with Crippen LogP contribution in [0.5, 0.6) is 0 Å². The van der Waals surface area contributed by atoms with Crippen molar-refractivity contribution in [1.29, 1.82) is 5.26 Å². The number of nitrogens with two attached hydrogens (primary N) is 1. The molecule has 0 fully saturated rings. The monoisotopic (exact) mass is 424 g/mol. The molecule has 0 aromatic heterocycles. The van der Waals surface area contributed by atoms with E-state index in [4.69, 9.17) is 10.4 Å². The van der Waals surface area contributed by atoms with Crippen molar-refractivity contribution in [3.05, 3.63) is 71.4 Å². The number of halogens is 3. The summed E-state index contributed by atoms with van der Waals surface area (Å²) in [6, 6.07) is 11.3. The smallest absolute Gasteiger partial charge is 0.386 e. The fourth-order valence-electron chi connectivity index (χ4n) is 2.19. The molecule has 2 rings (SSSR count). The minimum Gasteiger partial charge on any atom is -0.386 e. The van der Waals surface area contributed by atoms with Crippen LogP contribution in [0.4, 0.5) is 18.9 Å². The number of alkyl halides is 3. The standard InChI is InChI=1S/C18H15F3N4O3S/c19-18(20,21)14-2-1-3-15(8-14)25-17(26)13(9-22)11-24-10-12-4-6-16(7-5-12)29(23,27)28/h1-8,11,24H,10H2,(H,25,26)(H2,23,27,28)/b13-11-. The maximum absolute atomic E-state index is 12.7. The molecule has 0 aliphatic carbocycles. The predicted octanol–water partition coefficient (Wildman–Crippen LogP) is 2.49. The van der Waals surface area contributed by atoms with Gasteiger partial charge in [-0.25, -0.2) is 13.6 Å². The number of hydrogen-bond acceptors (Lipinski definition) is 5. The van der Waals surface area contributed by atoms with Crippen LogP contribution in [0.3, 0.4) is 0 Å². The van der Waals surface area contributed by atoms with E-state index < -0.39 is 27.7 Å². The normalized spacial score (nSPS) is 12.2. The number of primary sulfonamides is 1. The zero-order valence-corrected chi connectivity index (χ0v) is 15.5. The SMILES string of the molecule is N#C/C(=C/NCc1ccc(S(N)(=O)=O)cc1)C(=O)Nc1cccc(C(F)(F)F)c1. The number of carbonyl (C=O) groups excluding carboxylic acids is 1. The van der Waals surface area contributed by atoms with Crippen molar-refractivity contribution >= 4 is 21.6 Å². The third kappa shape index (κ3) is 6.34. The Morgan fingerprint density at radius 2 is 1.83 bits per heavy atom. The molecule has 0 atom stereocenters. The Bertz CT molecular complexity index is 1070. The number of amides is 1. The molecule has 2 aromatic rings. The molecule has 1 amide bonds. The molecule has 0 saturated heterocycles. The Balaban J connectivity index is 2.03. The number of benzene rings is 2. The van der Waals surface area contributed by atoms with Gasteiger partial charge >= 0.3 is 6.18 Å². The molecule has 0 spiro atoms. The first kappa shape index (κ1) is 21.9. The van der Waals surface area contributed by atoms with Crippen LogP contribution in [-0.2, 0) is 27.5 Å². The second-order valence-electron chi connectivity index (χ2n) is 5.77. The van der Waals surface area contributed by atoms with Crippen molar-refractivity contribution in [3.63, 3.8) is 0 Å². The molecule has 7 nitrogen and oxygen atoms in total. The molecule has 2 aromatic carbocycles. The van der Waals surface area contributed by atoms with Gasteiger partial charge in [0, 0.05) is 18.4 Å². The highest BCUT2D eigenvalue weighted by Crippen LogP contribution is 2.30. The van der Waals surface area contributed by atoms with Crippen LogP contribution >= 0.6 is 0 Å². The van der Waals surface area contributed by atoms with Crippen LogP contribution in [0.2, 0.25) is 0 Å². The van der Waals surface area contributed by atoms with Gasteiger partial charge in [0.15, 0.2) is 0 Å². The van der Waals surface area contributed by atoms with Crippen LogP contribution in [0, 0.1) is 11.3 Å². The van der Waals surface area contributed by atoms with Crippen LogP contribution in [-0.4, -0.2) is 14.3 Å². The van der Waals surface area contributed by atoms with Crippen molar-refractivity contribution < 1.29 is 26.4 Å². The second kappa shape index (κ2) is 8.76. The van der Waals surface area contributed by atoms with Gasteiger partial charge in [-0.05, 0) is 35.9 Å². The van der Waals surface area contributed by atoms with Crippen molar-refractivity contribution in [3.8, 4) is 6.07 Å². The van der Waals surface area contributed by atoms with E-state index in [9.17, 15) is 26.4 Å². The Hall–Kier alpha value is -3.36. The van der Waals surface area contributed by atoms with Gasteiger partial charge in [-0.1, -0.05) is 18.2 Å². The molecule has 29 heavy (non-hydrogen) atoms. The molecular formula is C18H15F3N4O3S. The number of carbonyl (C=O) groups is 1. The molecule has 0 saturated carbocycles. The number of sulfonamides is 1. The average molecular weight is 424 g/mol. The van der Waals surface area contributed by atoms with Crippen molar-refractivity contribution in [2.75, 3.05) is 5.32 Å². The van der Waals surface area contributed by atoms with Crippen LogP contribution in [0.15, 0.2) is 65.2 Å². The Labute approximate surface area is 164 Å². The summed E-state index contributed by atoms with van der Waals surface area (Å²) in [5.41, 5.74) is -0.754. The molecule has 0 radical (unpaired) electrons. The highest BCUT2D eigenvalue weighted by Gasteiger charge is 2.30. The van der Waals surface area contributed by atoms with Gasteiger partial charge in [0.1, 0.15) is 11.6 Å². The summed E-state index contributed by atoms with van der Waals surface area (Å²) >= 11 is 0. The zero-order chi connectivity index (χ0) is 21.7.